The Hall–Kier alpha value is -2.94. The predicted molar refractivity (Wildman–Crippen MR) is 95.8 cm³/mol. The first-order valence-corrected chi connectivity index (χ1v) is 8.53. The lowest BCUT2D eigenvalue weighted by atomic mass is 10.1. The fourth-order valence-corrected chi connectivity index (χ4v) is 3.38. The maximum absolute atomic E-state index is 13.3. The van der Waals surface area contributed by atoms with Crippen molar-refractivity contribution in [3.63, 3.8) is 0 Å². The number of hydrogen-bond donors (Lipinski definition) is 0. The van der Waals surface area contributed by atoms with Crippen LogP contribution in [0.5, 0.6) is 0 Å². The minimum Gasteiger partial charge on any atom is -0.332 e. The molecule has 1 aliphatic rings. The predicted octanol–water partition coefficient (Wildman–Crippen LogP) is 2.81. The molecule has 0 spiro atoms. The molecule has 2 unspecified atom stereocenters. The van der Waals surface area contributed by atoms with Crippen molar-refractivity contribution < 1.29 is 14.0 Å². The molecule has 134 valence electrons. The lowest BCUT2D eigenvalue weighted by Gasteiger charge is -2.24. The standard InChI is InChI=1S/C20H20FN3O2/c1-13-7-18(10-22)24(11-13)19(25)12-23(2)20(26)16-4-3-15-9-17(21)6-5-14(15)8-16/h3-6,8-9,13,18H,7,11-12H2,1-2H3. The Kier molecular flexibility index (Phi) is 4.90. The Morgan fingerprint density at radius 2 is 1.96 bits per heavy atom. The summed E-state index contributed by atoms with van der Waals surface area (Å²) in [5.41, 5.74) is 0.436. The van der Waals surface area contributed by atoms with Gasteiger partial charge in [0.05, 0.1) is 12.6 Å². The van der Waals surface area contributed by atoms with Crippen LogP contribution in [0.3, 0.4) is 0 Å². The lowest BCUT2D eigenvalue weighted by Crippen LogP contribution is -2.43. The SMILES string of the molecule is CC1CC(C#N)N(C(=O)CN(C)C(=O)c2ccc3cc(F)ccc3c2)C1. The van der Waals surface area contributed by atoms with Crippen LogP contribution in [0, 0.1) is 23.1 Å². The van der Waals surface area contributed by atoms with Gasteiger partial charge in [-0.2, -0.15) is 5.26 Å². The highest BCUT2D eigenvalue weighted by Gasteiger charge is 2.33. The fraction of sp³-hybridized carbons (Fsp3) is 0.350. The summed E-state index contributed by atoms with van der Waals surface area (Å²) in [6.07, 6.45) is 0.668. The van der Waals surface area contributed by atoms with Crippen molar-refractivity contribution in [1.29, 1.82) is 5.26 Å². The van der Waals surface area contributed by atoms with Gasteiger partial charge in [0.1, 0.15) is 11.9 Å². The second-order valence-electron chi connectivity index (χ2n) is 6.90. The average Bonchev–Trinajstić information content (AvgIpc) is 3.01. The van der Waals surface area contributed by atoms with E-state index in [9.17, 15) is 19.2 Å². The van der Waals surface area contributed by atoms with Gasteiger partial charge in [-0.1, -0.05) is 19.1 Å². The number of nitriles is 1. The topological polar surface area (TPSA) is 64.4 Å². The van der Waals surface area contributed by atoms with Crippen molar-refractivity contribution in [2.45, 2.75) is 19.4 Å². The summed E-state index contributed by atoms with van der Waals surface area (Å²) < 4.78 is 13.3. The maximum Gasteiger partial charge on any atom is 0.254 e. The van der Waals surface area contributed by atoms with Crippen LogP contribution in [0.4, 0.5) is 4.39 Å². The quantitative estimate of drug-likeness (QED) is 0.852. The highest BCUT2D eigenvalue weighted by Crippen LogP contribution is 2.23. The second-order valence-corrected chi connectivity index (χ2v) is 6.90. The molecular weight excluding hydrogens is 333 g/mol. The van der Waals surface area contributed by atoms with Crippen LogP contribution in [-0.4, -0.2) is 47.8 Å². The van der Waals surface area contributed by atoms with E-state index in [1.165, 1.54) is 17.0 Å². The van der Waals surface area contributed by atoms with Gasteiger partial charge in [0.25, 0.3) is 5.91 Å². The zero-order chi connectivity index (χ0) is 18.8. The van der Waals surface area contributed by atoms with E-state index in [1.807, 2.05) is 6.92 Å². The van der Waals surface area contributed by atoms with Crippen molar-refractivity contribution in [2.75, 3.05) is 20.1 Å². The maximum atomic E-state index is 13.3. The number of hydrogen-bond acceptors (Lipinski definition) is 3. The Morgan fingerprint density at radius 1 is 1.27 bits per heavy atom. The first-order valence-electron chi connectivity index (χ1n) is 8.53. The van der Waals surface area contributed by atoms with Gasteiger partial charge in [-0.25, -0.2) is 4.39 Å². The number of rotatable bonds is 3. The van der Waals surface area contributed by atoms with Crippen LogP contribution < -0.4 is 0 Å². The first kappa shape index (κ1) is 17.9. The number of amides is 2. The van der Waals surface area contributed by atoms with Crippen molar-refractivity contribution >= 4 is 22.6 Å². The molecule has 1 fully saturated rings. The minimum absolute atomic E-state index is 0.0782. The molecule has 0 aliphatic carbocycles. The van der Waals surface area contributed by atoms with E-state index in [0.717, 1.165) is 5.39 Å². The molecule has 0 bridgehead atoms. The van der Waals surface area contributed by atoms with E-state index in [4.69, 9.17) is 0 Å². The third kappa shape index (κ3) is 3.52. The molecule has 3 rings (SSSR count). The third-order valence-corrected chi connectivity index (χ3v) is 4.75. The van der Waals surface area contributed by atoms with Crippen molar-refractivity contribution in [1.82, 2.24) is 9.80 Å². The summed E-state index contributed by atoms with van der Waals surface area (Å²) in [7, 11) is 1.57. The van der Waals surface area contributed by atoms with Gasteiger partial charge in [0.15, 0.2) is 0 Å². The monoisotopic (exact) mass is 353 g/mol. The molecule has 2 aromatic rings. The summed E-state index contributed by atoms with van der Waals surface area (Å²) in [4.78, 5) is 28.0. The molecule has 6 heteroatoms. The van der Waals surface area contributed by atoms with Gasteiger partial charge in [-0.3, -0.25) is 9.59 Å². The average molecular weight is 353 g/mol. The highest BCUT2D eigenvalue weighted by atomic mass is 19.1. The summed E-state index contributed by atoms with van der Waals surface area (Å²) in [6.45, 7) is 2.47. The molecule has 2 atom stereocenters. The number of carbonyl (C=O) groups excluding carboxylic acids is 2. The lowest BCUT2D eigenvalue weighted by molar-refractivity contribution is -0.131. The summed E-state index contributed by atoms with van der Waals surface area (Å²) in [5, 5.41) is 10.7. The Bertz CT molecular complexity index is 906. The fourth-order valence-electron chi connectivity index (χ4n) is 3.38. The zero-order valence-corrected chi connectivity index (χ0v) is 14.8. The molecule has 1 heterocycles. The Labute approximate surface area is 151 Å². The molecular formula is C20H20FN3O2. The number of halogens is 1. The smallest absolute Gasteiger partial charge is 0.254 e. The van der Waals surface area contributed by atoms with Crippen molar-refractivity contribution in [3.8, 4) is 6.07 Å². The van der Waals surface area contributed by atoms with Crippen LogP contribution in [0.1, 0.15) is 23.7 Å². The van der Waals surface area contributed by atoms with Gasteiger partial charge in [0, 0.05) is 19.2 Å². The van der Waals surface area contributed by atoms with E-state index >= 15 is 0 Å². The molecule has 2 amide bonds. The summed E-state index contributed by atoms with van der Waals surface area (Å²) in [6, 6.07) is 11.1. The molecule has 5 nitrogen and oxygen atoms in total. The van der Waals surface area contributed by atoms with E-state index < -0.39 is 6.04 Å². The van der Waals surface area contributed by atoms with Gasteiger partial charge in [0.2, 0.25) is 5.91 Å². The molecule has 1 saturated heterocycles. The second kappa shape index (κ2) is 7.12. The van der Waals surface area contributed by atoms with Crippen LogP contribution in [-0.2, 0) is 4.79 Å². The number of likely N-dealkylation sites (N-methyl/N-ethyl adjacent to an activating group) is 1. The Balaban J connectivity index is 1.72. The van der Waals surface area contributed by atoms with E-state index in [1.54, 1.807) is 36.2 Å². The van der Waals surface area contributed by atoms with Gasteiger partial charge in [-0.15, -0.1) is 0 Å². The van der Waals surface area contributed by atoms with Gasteiger partial charge in [-0.05, 0) is 47.4 Å². The number of benzene rings is 2. The zero-order valence-electron chi connectivity index (χ0n) is 14.8. The van der Waals surface area contributed by atoms with Crippen LogP contribution in [0.2, 0.25) is 0 Å². The largest absolute Gasteiger partial charge is 0.332 e. The van der Waals surface area contributed by atoms with Crippen molar-refractivity contribution in [3.05, 3.63) is 47.8 Å². The van der Waals surface area contributed by atoms with Gasteiger partial charge < -0.3 is 9.80 Å². The van der Waals surface area contributed by atoms with E-state index in [2.05, 4.69) is 6.07 Å². The number of carbonyl (C=O) groups is 2. The highest BCUT2D eigenvalue weighted by molar-refractivity contribution is 6.00. The number of nitrogens with zero attached hydrogens (tertiary/aromatic N) is 3. The summed E-state index contributed by atoms with van der Waals surface area (Å²) >= 11 is 0. The molecule has 2 aromatic carbocycles. The van der Waals surface area contributed by atoms with Crippen LogP contribution >= 0.6 is 0 Å². The normalized spacial score (nSPS) is 19.4. The number of likely N-dealkylation sites (tertiary alicyclic amines) is 1. The number of fused-ring (bicyclic) bond motifs is 1. The molecule has 0 saturated carbocycles. The minimum atomic E-state index is -0.420. The first-order chi connectivity index (χ1) is 12.4. The van der Waals surface area contributed by atoms with Gasteiger partial charge >= 0.3 is 0 Å². The third-order valence-electron chi connectivity index (χ3n) is 4.75. The molecule has 0 radical (unpaired) electrons. The molecule has 1 aliphatic heterocycles. The van der Waals surface area contributed by atoms with Crippen LogP contribution in [0.25, 0.3) is 10.8 Å². The van der Waals surface area contributed by atoms with Crippen LogP contribution in [0.15, 0.2) is 36.4 Å². The van der Waals surface area contributed by atoms with E-state index in [0.29, 0.717) is 23.9 Å². The van der Waals surface area contributed by atoms with E-state index in [-0.39, 0.29) is 30.1 Å². The molecule has 0 aromatic heterocycles. The Morgan fingerprint density at radius 3 is 2.69 bits per heavy atom. The van der Waals surface area contributed by atoms with Crippen molar-refractivity contribution in [2.24, 2.45) is 5.92 Å². The molecule has 0 N–H and O–H groups in total. The summed E-state index contributed by atoms with van der Waals surface area (Å²) in [5.74, 6) is -0.554. The molecule has 26 heavy (non-hydrogen) atoms.